The highest BCUT2D eigenvalue weighted by Gasteiger charge is 2.11. The summed E-state index contributed by atoms with van der Waals surface area (Å²) in [6.45, 7) is 0. The van der Waals surface area contributed by atoms with Gasteiger partial charge in [0.25, 0.3) is 5.91 Å². The van der Waals surface area contributed by atoms with Gasteiger partial charge >= 0.3 is 0 Å². The van der Waals surface area contributed by atoms with Gasteiger partial charge in [-0.25, -0.2) is 4.39 Å². The van der Waals surface area contributed by atoms with Gasteiger partial charge in [-0.05, 0) is 18.2 Å². The van der Waals surface area contributed by atoms with E-state index >= 15 is 0 Å². The second-order valence-corrected chi connectivity index (χ2v) is 4.05. The Morgan fingerprint density at radius 1 is 1.50 bits per heavy atom. The average molecular weight is 270 g/mol. The SMILES string of the molecule is Cn1cc(/C=C(\C#N)C(=O)Nc2ccccc2F)cn1. The van der Waals surface area contributed by atoms with Crippen molar-refractivity contribution in [2.45, 2.75) is 0 Å². The van der Waals surface area contributed by atoms with Gasteiger partial charge in [0.05, 0.1) is 11.9 Å². The molecule has 5 nitrogen and oxygen atoms in total. The van der Waals surface area contributed by atoms with E-state index < -0.39 is 11.7 Å². The summed E-state index contributed by atoms with van der Waals surface area (Å²) in [5, 5.41) is 15.3. The number of anilines is 1. The summed E-state index contributed by atoms with van der Waals surface area (Å²) >= 11 is 0. The van der Waals surface area contributed by atoms with Crippen LogP contribution in [0.25, 0.3) is 6.08 Å². The lowest BCUT2D eigenvalue weighted by atomic mass is 10.2. The van der Waals surface area contributed by atoms with Gasteiger partial charge in [-0.2, -0.15) is 10.4 Å². The van der Waals surface area contributed by atoms with E-state index in [2.05, 4.69) is 10.4 Å². The molecular formula is C14H11FN4O. The molecule has 0 spiro atoms. The van der Waals surface area contributed by atoms with E-state index in [1.165, 1.54) is 30.5 Å². The molecule has 0 atom stereocenters. The van der Waals surface area contributed by atoms with Crippen LogP contribution in [0, 0.1) is 17.1 Å². The first kappa shape index (κ1) is 13.5. The summed E-state index contributed by atoms with van der Waals surface area (Å²) in [6.07, 6.45) is 4.57. The van der Waals surface area contributed by atoms with Crippen molar-refractivity contribution in [3.8, 4) is 6.07 Å². The molecule has 0 aliphatic rings. The summed E-state index contributed by atoms with van der Waals surface area (Å²) in [7, 11) is 1.73. The van der Waals surface area contributed by atoms with E-state index in [-0.39, 0.29) is 11.3 Å². The highest BCUT2D eigenvalue weighted by molar-refractivity contribution is 6.09. The molecule has 0 saturated heterocycles. The third-order valence-corrected chi connectivity index (χ3v) is 2.52. The second-order valence-electron chi connectivity index (χ2n) is 4.05. The minimum absolute atomic E-state index is 0.0323. The Labute approximate surface area is 115 Å². The van der Waals surface area contributed by atoms with Crippen molar-refractivity contribution in [1.82, 2.24) is 9.78 Å². The van der Waals surface area contributed by atoms with Crippen molar-refractivity contribution in [1.29, 1.82) is 5.26 Å². The smallest absolute Gasteiger partial charge is 0.266 e. The number of hydrogen-bond donors (Lipinski definition) is 1. The standard InChI is InChI=1S/C14H11FN4O/c1-19-9-10(8-17-19)6-11(7-16)14(20)18-13-5-3-2-4-12(13)15/h2-6,8-9H,1H3,(H,18,20)/b11-6+. The van der Waals surface area contributed by atoms with E-state index in [1.807, 2.05) is 0 Å². The summed E-state index contributed by atoms with van der Waals surface area (Å²) < 4.78 is 15.0. The van der Waals surface area contributed by atoms with Crippen LogP contribution in [0.1, 0.15) is 5.56 Å². The van der Waals surface area contributed by atoms with Gasteiger partial charge < -0.3 is 5.32 Å². The van der Waals surface area contributed by atoms with Crippen molar-refractivity contribution < 1.29 is 9.18 Å². The number of aryl methyl sites for hydroxylation is 1. The van der Waals surface area contributed by atoms with Gasteiger partial charge in [-0.1, -0.05) is 12.1 Å². The van der Waals surface area contributed by atoms with Crippen LogP contribution in [0.4, 0.5) is 10.1 Å². The summed E-state index contributed by atoms with van der Waals surface area (Å²) in [6, 6.07) is 7.55. The monoisotopic (exact) mass is 270 g/mol. The molecule has 0 aliphatic carbocycles. The number of hydrogen-bond acceptors (Lipinski definition) is 3. The van der Waals surface area contributed by atoms with E-state index in [0.717, 1.165) is 0 Å². The Morgan fingerprint density at radius 3 is 2.85 bits per heavy atom. The number of amides is 1. The number of nitrogens with zero attached hydrogens (tertiary/aromatic N) is 3. The van der Waals surface area contributed by atoms with Crippen LogP contribution in [0.15, 0.2) is 42.2 Å². The number of halogens is 1. The predicted octanol–water partition coefficient (Wildman–Crippen LogP) is 2.10. The van der Waals surface area contributed by atoms with Crippen molar-refractivity contribution in [3.63, 3.8) is 0 Å². The molecule has 1 N–H and O–H groups in total. The fraction of sp³-hybridized carbons (Fsp3) is 0.0714. The number of nitriles is 1. The molecule has 0 saturated carbocycles. The zero-order chi connectivity index (χ0) is 14.5. The molecule has 1 aromatic carbocycles. The van der Waals surface area contributed by atoms with E-state index in [0.29, 0.717) is 5.56 Å². The Kier molecular flexibility index (Phi) is 3.91. The normalized spacial score (nSPS) is 10.9. The minimum atomic E-state index is -0.665. The molecule has 1 aromatic heterocycles. The van der Waals surface area contributed by atoms with Crippen LogP contribution in [0.5, 0.6) is 0 Å². The van der Waals surface area contributed by atoms with Crippen LogP contribution >= 0.6 is 0 Å². The molecule has 20 heavy (non-hydrogen) atoms. The number of rotatable bonds is 3. The lowest BCUT2D eigenvalue weighted by Crippen LogP contribution is -2.14. The highest BCUT2D eigenvalue weighted by atomic mass is 19.1. The molecule has 0 fully saturated rings. The molecule has 0 aliphatic heterocycles. The van der Waals surface area contributed by atoms with Crippen LogP contribution < -0.4 is 5.32 Å². The van der Waals surface area contributed by atoms with Crippen molar-refractivity contribution >= 4 is 17.7 Å². The number of aromatic nitrogens is 2. The van der Waals surface area contributed by atoms with Crippen molar-refractivity contribution in [3.05, 3.63) is 53.6 Å². The summed E-state index contributed by atoms with van der Waals surface area (Å²) in [5.41, 5.74) is 0.527. The fourth-order valence-corrected chi connectivity index (χ4v) is 1.58. The third kappa shape index (κ3) is 3.09. The van der Waals surface area contributed by atoms with Crippen LogP contribution in [-0.2, 0) is 11.8 Å². The molecule has 0 unspecified atom stereocenters. The Balaban J connectivity index is 2.21. The van der Waals surface area contributed by atoms with Gasteiger partial charge in [0, 0.05) is 18.8 Å². The van der Waals surface area contributed by atoms with E-state index in [9.17, 15) is 9.18 Å². The molecule has 1 heterocycles. The molecule has 0 radical (unpaired) electrons. The fourth-order valence-electron chi connectivity index (χ4n) is 1.58. The van der Waals surface area contributed by atoms with Gasteiger partial charge in [-0.15, -0.1) is 0 Å². The molecule has 2 rings (SSSR count). The van der Waals surface area contributed by atoms with Gasteiger partial charge in [0.2, 0.25) is 0 Å². The molecule has 100 valence electrons. The molecular weight excluding hydrogens is 259 g/mol. The first-order chi connectivity index (χ1) is 9.60. The van der Waals surface area contributed by atoms with Gasteiger partial charge in [-0.3, -0.25) is 9.48 Å². The van der Waals surface area contributed by atoms with Gasteiger partial charge in [0.1, 0.15) is 17.5 Å². The number of benzene rings is 1. The minimum Gasteiger partial charge on any atom is -0.319 e. The zero-order valence-electron chi connectivity index (χ0n) is 10.7. The maximum atomic E-state index is 13.4. The Bertz CT molecular complexity index is 712. The lowest BCUT2D eigenvalue weighted by Gasteiger charge is -2.04. The van der Waals surface area contributed by atoms with Gasteiger partial charge in [0.15, 0.2) is 0 Å². The number of carbonyl (C=O) groups excluding carboxylic acids is 1. The molecule has 2 aromatic rings. The molecule has 1 amide bonds. The number of carbonyl (C=O) groups is 1. The van der Waals surface area contributed by atoms with Crippen LogP contribution in [0.3, 0.4) is 0 Å². The summed E-state index contributed by atoms with van der Waals surface area (Å²) in [5.74, 6) is -1.22. The topological polar surface area (TPSA) is 70.7 Å². The van der Waals surface area contributed by atoms with Crippen LogP contribution in [-0.4, -0.2) is 15.7 Å². The van der Waals surface area contributed by atoms with Crippen molar-refractivity contribution in [2.24, 2.45) is 7.05 Å². The molecule has 0 bridgehead atoms. The summed E-state index contributed by atoms with van der Waals surface area (Å²) in [4.78, 5) is 11.9. The first-order valence-electron chi connectivity index (χ1n) is 5.76. The maximum absolute atomic E-state index is 13.4. The number of para-hydroxylation sites is 1. The maximum Gasteiger partial charge on any atom is 0.266 e. The third-order valence-electron chi connectivity index (χ3n) is 2.52. The highest BCUT2D eigenvalue weighted by Crippen LogP contribution is 2.14. The van der Waals surface area contributed by atoms with E-state index in [1.54, 1.807) is 30.1 Å². The van der Waals surface area contributed by atoms with Crippen LogP contribution in [0.2, 0.25) is 0 Å². The quantitative estimate of drug-likeness (QED) is 0.686. The predicted molar refractivity (Wildman–Crippen MR) is 71.8 cm³/mol. The zero-order valence-corrected chi connectivity index (χ0v) is 10.7. The van der Waals surface area contributed by atoms with E-state index in [4.69, 9.17) is 5.26 Å². The Morgan fingerprint density at radius 2 is 2.25 bits per heavy atom. The second kappa shape index (κ2) is 5.80. The molecule has 6 heteroatoms. The number of nitrogens with one attached hydrogen (secondary N) is 1. The van der Waals surface area contributed by atoms with Crippen molar-refractivity contribution in [2.75, 3.05) is 5.32 Å². The first-order valence-corrected chi connectivity index (χ1v) is 5.76. The lowest BCUT2D eigenvalue weighted by molar-refractivity contribution is -0.112. The Hall–Kier alpha value is -2.94. The largest absolute Gasteiger partial charge is 0.319 e. The average Bonchev–Trinajstić information content (AvgIpc) is 2.84.